The van der Waals surface area contributed by atoms with Gasteiger partial charge >= 0.3 is 0 Å². The fourth-order valence-corrected chi connectivity index (χ4v) is 2.82. The average Bonchev–Trinajstić information content (AvgIpc) is 2.67. The number of nitrogens with one attached hydrogen (secondary N) is 1. The highest BCUT2D eigenvalue weighted by molar-refractivity contribution is 5.76. The number of likely N-dealkylation sites (N-methyl/N-ethyl adjacent to an activating group) is 1. The van der Waals surface area contributed by atoms with Gasteiger partial charge in [-0.15, -0.1) is 0 Å². The van der Waals surface area contributed by atoms with Crippen molar-refractivity contribution in [3.05, 3.63) is 65.2 Å². The third-order valence-electron chi connectivity index (χ3n) is 4.34. The predicted molar refractivity (Wildman–Crippen MR) is 102 cm³/mol. The number of amides is 1. The van der Waals surface area contributed by atoms with Crippen LogP contribution in [0.15, 0.2) is 48.5 Å². The number of para-hydroxylation sites is 1. The molecule has 0 aliphatic rings. The molecular formula is C21H25N3O2. The Hall–Kier alpha value is -2.84. The van der Waals surface area contributed by atoms with E-state index < -0.39 is 0 Å². The van der Waals surface area contributed by atoms with Gasteiger partial charge in [-0.05, 0) is 44.3 Å². The summed E-state index contributed by atoms with van der Waals surface area (Å²) in [7, 11) is 5.63. The van der Waals surface area contributed by atoms with Crippen molar-refractivity contribution in [2.24, 2.45) is 0 Å². The number of hydrogen-bond acceptors (Lipinski definition) is 4. The number of nitriles is 1. The largest absolute Gasteiger partial charge is 0.496 e. The Morgan fingerprint density at radius 1 is 1.19 bits per heavy atom. The van der Waals surface area contributed by atoms with E-state index in [4.69, 9.17) is 10.00 Å². The molecule has 2 rings (SSSR count). The number of hydrogen-bond donors (Lipinski definition) is 1. The first kappa shape index (κ1) is 19.5. The third kappa shape index (κ3) is 5.33. The zero-order chi connectivity index (χ0) is 18.9. The first-order valence-corrected chi connectivity index (χ1v) is 8.60. The number of benzene rings is 2. The van der Waals surface area contributed by atoms with Gasteiger partial charge in [0.2, 0.25) is 5.91 Å². The minimum Gasteiger partial charge on any atom is -0.496 e. The van der Waals surface area contributed by atoms with Crippen LogP contribution in [0.5, 0.6) is 5.75 Å². The normalized spacial score (nSPS) is 11.7. The van der Waals surface area contributed by atoms with Crippen molar-refractivity contribution in [3.63, 3.8) is 0 Å². The van der Waals surface area contributed by atoms with Gasteiger partial charge < -0.3 is 15.0 Å². The molecule has 1 N–H and O–H groups in total. The Bertz CT molecular complexity index is 764. The molecule has 0 saturated heterocycles. The van der Waals surface area contributed by atoms with Crippen molar-refractivity contribution < 1.29 is 9.53 Å². The SMILES string of the molecule is COc1ccccc1C(CNC(=O)CCc1ccc(C#N)cc1)N(C)C. The molecule has 2 aromatic rings. The van der Waals surface area contributed by atoms with Gasteiger partial charge in [0.1, 0.15) is 5.75 Å². The van der Waals surface area contributed by atoms with E-state index in [1.165, 1.54) is 0 Å². The first-order chi connectivity index (χ1) is 12.5. The Labute approximate surface area is 155 Å². The molecular weight excluding hydrogens is 326 g/mol. The number of nitrogens with zero attached hydrogens (tertiary/aromatic N) is 2. The van der Waals surface area contributed by atoms with Crippen LogP contribution in [-0.2, 0) is 11.2 Å². The number of aryl methyl sites for hydroxylation is 1. The molecule has 0 bridgehead atoms. The summed E-state index contributed by atoms with van der Waals surface area (Å²) < 4.78 is 5.45. The minimum absolute atomic E-state index is 0.0103. The van der Waals surface area contributed by atoms with Crippen LogP contribution < -0.4 is 10.1 Å². The fourth-order valence-electron chi connectivity index (χ4n) is 2.82. The Morgan fingerprint density at radius 2 is 1.88 bits per heavy atom. The lowest BCUT2D eigenvalue weighted by Gasteiger charge is -2.26. The van der Waals surface area contributed by atoms with Gasteiger partial charge in [-0.1, -0.05) is 30.3 Å². The van der Waals surface area contributed by atoms with Gasteiger partial charge in [0.05, 0.1) is 24.8 Å². The predicted octanol–water partition coefficient (Wildman–Crippen LogP) is 2.92. The number of methoxy groups -OCH3 is 1. The van der Waals surface area contributed by atoms with E-state index in [1.807, 2.05) is 50.5 Å². The van der Waals surface area contributed by atoms with Crippen molar-refractivity contribution in [1.29, 1.82) is 5.26 Å². The molecule has 0 saturated carbocycles. The van der Waals surface area contributed by atoms with Gasteiger partial charge in [0.25, 0.3) is 0 Å². The summed E-state index contributed by atoms with van der Waals surface area (Å²) in [5.41, 5.74) is 2.73. The quantitative estimate of drug-likeness (QED) is 0.794. The van der Waals surface area contributed by atoms with Crippen molar-refractivity contribution in [2.75, 3.05) is 27.7 Å². The number of carbonyl (C=O) groups is 1. The highest BCUT2D eigenvalue weighted by Crippen LogP contribution is 2.27. The molecule has 2 aromatic carbocycles. The number of carbonyl (C=O) groups excluding carboxylic acids is 1. The van der Waals surface area contributed by atoms with Gasteiger partial charge in [-0.3, -0.25) is 4.79 Å². The summed E-state index contributed by atoms with van der Waals surface area (Å²) in [6.45, 7) is 0.513. The molecule has 1 amide bonds. The zero-order valence-corrected chi connectivity index (χ0v) is 15.5. The summed E-state index contributed by atoms with van der Waals surface area (Å²) in [5, 5.41) is 11.8. The van der Waals surface area contributed by atoms with Gasteiger partial charge in [0, 0.05) is 18.5 Å². The van der Waals surface area contributed by atoms with Crippen LogP contribution in [-0.4, -0.2) is 38.6 Å². The van der Waals surface area contributed by atoms with Crippen LogP contribution in [0, 0.1) is 11.3 Å². The molecule has 26 heavy (non-hydrogen) atoms. The molecule has 0 fully saturated rings. The maximum atomic E-state index is 12.2. The van der Waals surface area contributed by atoms with Gasteiger partial charge in [0.15, 0.2) is 0 Å². The second kappa shape index (κ2) is 9.59. The Morgan fingerprint density at radius 3 is 2.50 bits per heavy atom. The Kier molecular flexibility index (Phi) is 7.19. The Balaban J connectivity index is 1.92. The van der Waals surface area contributed by atoms with E-state index in [2.05, 4.69) is 16.3 Å². The fraction of sp³-hybridized carbons (Fsp3) is 0.333. The van der Waals surface area contributed by atoms with E-state index in [9.17, 15) is 4.79 Å². The highest BCUT2D eigenvalue weighted by atomic mass is 16.5. The molecule has 1 unspecified atom stereocenters. The molecule has 0 spiro atoms. The van der Waals surface area contributed by atoms with Crippen LogP contribution in [0.25, 0.3) is 0 Å². The van der Waals surface area contributed by atoms with Crippen LogP contribution in [0.4, 0.5) is 0 Å². The van der Waals surface area contributed by atoms with Gasteiger partial charge in [-0.25, -0.2) is 0 Å². The minimum atomic E-state index is 0.0103. The van der Waals surface area contributed by atoms with Gasteiger partial charge in [-0.2, -0.15) is 5.26 Å². The van der Waals surface area contributed by atoms with E-state index in [1.54, 1.807) is 19.2 Å². The summed E-state index contributed by atoms with van der Waals surface area (Å²) in [6, 6.07) is 17.3. The maximum absolute atomic E-state index is 12.2. The maximum Gasteiger partial charge on any atom is 0.220 e. The molecule has 1 atom stereocenters. The monoisotopic (exact) mass is 351 g/mol. The second-order valence-electron chi connectivity index (χ2n) is 6.33. The lowest BCUT2D eigenvalue weighted by atomic mass is 10.0. The van der Waals surface area contributed by atoms with Crippen LogP contribution >= 0.6 is 0 Å². The van der Waals surface area contributed by atoms with Crippen molar-refractivity contribution in [3.8, 4) is 11.8 Å². The highest BCUT2D eigenvalue weighted by Gasteiger charge is 2.18. The molecule has 0 aliphatic carbocycles. The van der Waals surface area contributed by atoms with Crippen LogP contribution in [0.2, 0.25) is 0 Å². The molecule has 136 valence electrons. The lowest BCUT2D eigenvalue weighted by molar-refractivity contribution is -0.121. The van der Waals surface area contributed by atoms with Crippen molar-refractivity contribution >= 4 is 5.91 Å². The van der Waals surface area contributed by atoms with Crippen molar-refractivity contribution in [1.82, 2.24) is 10.2 Å². The smallest absolute Gasteiger partial charge is 0.220 e. The molecule has 0 radical (unpaired) electrons. The average molecular weight is 351 g/mol. The summed E-state index contributed by atoms with van der Waals surface area (Å²) in [5.74, 6) is 0.828. The lowest BCUT2D eigenvalue weighted by Crippen LogP contribution is -2.34. The molecule has 0 aromatic heterocycles. The molecule has 0 aliphatic heterocycles. The van der Waals surface area contributed by atoms with Crippen molar-refractivity contribution in [2.45, 2.75) is 18.9 Å². The standard InChI is InChI=1S/C21H25N3O2/c1-24(2)19(18-6-4-5-7-20(18)26-3)15-23-21(25)13-12-16-8-10-17(14-22)11-9-16/h4-11,19H,12-13,15H2,1-3H3,(H,23,25). The summed E-state index contributed by atoms with van der Waals surface area (Å²) in [6.07, 6.45) is 1.07. The van der Waals surface area contributed by atoms with Crippen LogP contribution in [0.1, 0.15) is 29.2 Å². The van der Waals surface area contributed by atoms with E-state index in [0.717, 1.165) is 16.9 Å². The third-order valence-corrected chi connectivity index (χ3v) is 4.34. The molecule has 5 nitrogen and oxygen atoms in total. The topological polar surface area (TPSA) is 65.4 Å². The van der Waals surface area contributed by atoms with E-state index in [0.29, 0.717) is 24.9 Å². The van der Waals surface area contributed by atoms with Crippen LogP contribution in [0.3, 0.4) is 0 Å². The van der Waals surface area contributed by atoms with E-state index in [-0.39, 0.29) is 11.9 Å². The summed E-state index contributed by atoms with van der Waals surface area (Å²) >= 11 is 0. The summed E-state index contributed by atoms with van der Waals surface area (Å²) in [4.78, 5) is 14.3. The first-order valence-electron chi connectivity index (χ1n) is 8.60. The zero-order valence-electron chi connectivity index (χ0n) is 15.5. The number of rotatable bonds is 8. The number of ether oxygens (including phenoxy) is 1. The second-order valence-corrected chi connectivity index (χ2v) is 6.33. The van der Waals surface area contributed by atoms with E-state index >= 15 is 0 Å². The molecule has 5 heteroatoms. The molecule has 0 heterocycles.